The van der Waals surface area contributed by atoms with Crippen LogP contribution in [-0.2, 0) is 0 Å². The highest BCUT2D eigenvalue weighted by atomic mass is 14.9. The maximum Gasteiger partial charge on any atom is 0.00414 e. The van der Waals surface area contributed by atoms with E-state index in [1.165, 1.54) is 38.8 Å². The molecular weight excluding hydrogens is 172 g/mol. The predicted molar refractivity (Wildman–Crippen MR) is 60.4 cm³/mol. The first-order valence-electron chi connectivity index (χ1n) is 6.22. The van der Waals surface area contributed by atoms with Crippen LogP contribution >= 0.6 is 0 Å². The summed E-state index contributed by atoms with van der Waals surface area (Å²) >= 11 is 0. The Hall–Kier alpha value is -0.0800. The molecule has 14 heavy (non-hydrogen) atoms. The Morgan fingerprint density at radius 1 is 0.786 bits per heavy atom. The minimum absolute atomic E-state index is 0.749. The molecule has 2 rings (SSSR count). The van der Waals surface area contributed by atoms with E-state index in [1.807, 2.05) is 0 Å². The lowest BCUT2D eigenvalue weighted by atomic mass is 9.76. The van der Waals surface area contributed by atoms with Crippen molar-refractivity contribution in [3.05, 3.63) is 0 Å². The lowest BCUT2D eigenvalue weighted by molar-refractivity contribution is 0.171. The zero-order valence-corrected chi connectivity index (χ0v) is 9.55. The van der Waals surface area contributed by atoms with Crippen LogP contribution in [0, 0.1) is 11.8 Å². The van der Waals surface area contributed by atoms with Crippen molar-refractivity contribution < 1.29 is 0 Å². The molecule has 0 aliphatic carbocycles. The molecule has 82 valence electrons. The molecule has 0 saturated carbocycles. The van der Waals surface area contributed by atoms with E-state index >= 15 is 0 Å². The Morgan fingerprint density at radius 3 is 1.57 bits per heavy atom. The molecule has 0 aromatic rings. The second kappa shape index (κ2) is 4.63. The molecule has 0 bridgehead atoms. The van der Waals surface area contributed by atoms with E-state index in [4.69, 9.17) is 0 Å². The van der Waals surface area contributed by atoms with Crippen molar-refractivity contribution in [2.24, 2.45) is 11.8 Å². The van der Waals surface area contributed by atoms with E-state index in [0.717, 1.165) is 23.9 Å². The molecule has 0 spiro atoms. The molecule has 2 saturated heterocycles. The highest BCUT2D eigenvalue weighted by Crippen LogP contribution is 2.31. The van der Waals surface area contributed by atoms with E-state index in [9.17, 15) is 0 Å². The smallest absolute Gasteiger partial charge is 0.00414 e. The first-order chi connectivity index (χ1) is 6.75. The van der Waals surface area contributed by atoms with Crippen molar-refractivity contribution in [2.75, 3.05) is 13.1 Å². The summed E-state index contributed by atoms with van der Waals surface area (Å²) in [6.45, 7) is 7.14. The number of nitrogens with one attached hydrogen (secondary N) is 2. The highest BCUT2D eigenvalue weighted by Gasteiger charge is 2.29. The van der Waals surface area contributed by atoms with Gasteiger partial charge >= 0.3 is 0 Å². The van der Waals surface area contributed by atoms with Gasteiger partial charge in [0.25, 0.3) is 0 Å². The van der Waals surface area contributed by atoms with Gasteiger partial charge in [0.05, 0.1) is 0 Å². The van der Waals surface area contributed by atoms with Gasteiger partial charge in [-0.1, -0.05) is 0 Å². The summed E-state index contributed by atoms with van der Waals surface area (Å²) in [7, 11) is 0. The lowest BCUT2D eigenvalue weighted by Crippen LogP contribution is -2.43. The molecule has 2 heteroatoms. The van der Waals surface area contributed by atoms with Gasteiger partial charge < -0.3 is 10.6 Å². The maximum absolute atomic E-state index is 3.55. The Balaban J connectivity index is 1.86. The third-order valence-corrected chi connectivity index (χ3v) is 4.00. The van der Waals surface area contributed by atoms with Crippen LogP contribution in [0.3, 0.4) is 0 Å². The van der Waals surface area contributed by atoms with Crippen molar-refractivity contribution >= 4 is 0 Å². The first-order valence-corrected chi connectivity index (χ1v) is 6.22. The molecule has 0 amide bonds. The number of hydrogen-bond acceptors (Lipinski definition) is 2. The summed E-state index contributed by atoms with van der Waals surface area (Å²) in [4.78, 5) is 0. The molecule has 2 N–H and O–H groups in total. The van der Waals surface area contributed by atoms with E-state index in [1.54, 1.807) is 0 Å². The summed E-state index contributed by atoms with van der Waals surface area (Å²) < 4.78 is 0. The van der Waals surface area contributed by atoms with Crippen LogP contribution in [0.2, 0.25) is 0 Å². The number of rotatable bonds is 1. The van der Waals surface area contributed by atoms with Crippen molar-refractivity contribution in [3.63, 3.8) is 0 Å². The van der Waals surface area contributed by atoms with Crippen LogP contribution in [0.5, 0.6) is 0 Å². The minimum atomic E-state index is 0.749. The maximum atomic E-state index is 3.55. The monoisotopic (exact) mass is 196 g/mol. The highest BCUT2D eigenvalue weighted by molar-refractivity contribution is 4.85. The molecule has 2 aliphatic heterocycles. The Labute approximate surface area is 87.8 Å². The van der Waals surface area contributed by atoms with Gasteiger partial charge in [-0.2, -0.15) is 0 Å². The fourth-order valence-electron chi connectivity index (χ4n) is 3.20. The molecule has 0 radical (unpaired) electrons. The van der Waals surface area contributed by atoms with Crippen LogP contribution in [0.4, 0.5) is 0 Å². The van der Waals surface area contributed by atoms with Crippen LogP contribution < -0.4 is 10.6 Å². The molecule has 0 aromatic heterocycles. The Kier molecular flexibility index (Phi) is 3.45. The summed E-state index contributed by atoms with van der Waals surface area (Å²) in [5.74, 6) is 1.99. The fourth-order valence-corrected chi connectivity index (χ4v) is 3.20. The minimum Gasteiger partial charge on any atom is -0.314 e. The second-order valence-corrected chi connectivity index (χ2v) is 5.28. The SMILES string of the molecule is CC1CC(C2CCNC(C)C2)CCN1. The van der Waals surface area contributed by atoms with Gasteiger partial charge in [-0.3, -0.25) is 0 Å². The third-order valence-electron chi connectivity index (χ3n) is 4.00. The fraction of sp³-hybridized carbons (Fsp3) is 1.00. The normalized spacial score (nSPS) is 45.0. The molecule has 2 heterocycles. The van der Waals surface area contributed by atoms with Crippen molar-refractivity contribution in [2.45, 2.75) is 51.6 Å². The zero-order valence-electron chi connectivity index (χ0n) is 9.55. The van der Waals surface area contributed by atoms with Crippen molar-refractivity contribution in [3.8, 4) is 0 Å². The van der Waals surface area contributed by atoms with Gasteiger partial charge in [0.1, 0.15) is 0 Å². The molecular formula is C12H24N2. The van der Waals surface area contributed by atoms with E-state index in [2.05, 4.69) is 24.5 Å². The van der Waals surface area contributed by atoms with Crippen LogP contribution in [0.15, 0.2) is 0 Å². The Bertz CT molecular complexity index is 161. The zero-order chi connectivity index (χ0) is 9.97. The molecule has 4 atom stereocenters. The second-order valence-electron chi connectivity index (χ2n) is 5.28. The number of hydrogen-bond donors (Lipinski definition) is 2. The molecule has 2 fully saturated rings. The molecule has 4 unspecified atom stereocenters. The molecule has 2 nitrogen and oxygen atoms in total. The van der Waals surface area contributed by atoms with Crippen LogP contribution in [-0.4, -0.2) is 25.2 Å². The summed E-state index contributed by atoms with van der Waals surface area (Å²) in [6.07, 6.45) is 5.61. The van der Waals surface area contributed by atoms with Gasteiger partial charge in [-0.25, -0.2) is 0 Å². The average molecular weight is 196 g/mol. The van der Waals surface area contributed by atoms with Crippen molar-refractivity contribution in [1.82, 2.24) is 10.6 Å². The summed E-state index contributed by atoms with van der Waals surface area (Å²) in [5.41, 5.74) is 0. The summed E-state index contributed by atoms with van der Waals surface area (Å²) in [5, 5.41) is 7.09. The topological polar surface area (TPSA) is 24.1 Å². The largest absolute Gasteiger partial charge is 0.314 e. The Morgan fingerprint density at radius 2 is 1.21 bits per heavy atom. The van der Waals surface area contributed by atoms with Gasteiger partial charge in [0.2, 0.25) is 0 Å². The molecule has 2 aliphatic rings. The first kappa shape index (κ1) is 10.4. The van der Waals surface area contributed by atoms with Gasteiger partial charge in [-0.15, -0.1) is 0 Å². The standard InChI is InChI=1S/C12H24N2/c1-9-7-11(3-5-13-9)12-4-6-14-10(2)8-12/h9-14H,3-8H2,1-2H3. The van der Waals surface area contributed by atoms with Crippen LogP contribution in [0.1, 0.15) is 39.5 Å². The average Bonchev–Trinajstić information content (AvgIpc) is 2.18. The van der Waals surface area contributed by atoms with Gasteiger partial charge in [0.15, 0.2) is 0 Å². The quantitative estimate of drug-likeness (QED) is 0.668. The molecule has 0 aromatic carbocycles. The van der Waals surface area contributed by atoms with Crippen molar-refractivity contribution in [1.29, 1.82) is 0 Å². The lowest BCUT2D eigenvalue weighted by Gasteiger charge is -2.38. The van der Waals surface area contributed by atoms with Gasteiger partial charge in [0, 0.05) is 12.1 Å². The predicted octanol–water partition coefficient (Wildman–Crippen LogP) is 1.76. The third kappa shape index (κ3) is 2.48. The van der Waals surface area contributed by atoms with Gasteiger partial charge in [-0.05, 0) is 64.5 Å². The summed E-state index contributed by atoms with van der Waals surface area (Å²) in [6, 6.07) is 1.50. The van der Waals surface area contributed by atoms with E-state index in [-0.39, 0.29) is 0 Å². The van der Waals surface area contributed by atoms with E-state index < -0.39 is 0 Å². The van der Waals surface area contributed by atoms with Crippen LogP contribution in [0.25, 0.3) is 0 Å². The van der Waals surface area contributed by atoms with E-state index in [0.29, 0.717) is 0 Å². The number of piperidine rings is 2.